The van der Waals surface area contributed by atoms with E-state index in [1.807, 2.05) is 0 Å². The van der Waals surface area contributed by atoms with Crippen LogP contribution in [0.3, 0.4) is 0 Å². The largest absolute Gasteiger partial charge is 0.300 e. The lowest BCUT2D eigenvalue weighted by Gasteiger charge is -2.33. The summed E-state index contributed by atoms with van der Waals surface area (Å²) in [5, 5.41) is 0. The summed E-state index contributed by atoms with van der Waals surface area (Å²) in [6.45, 7) is 9.07. The lowest BCUT2D eigenvalue weighted by molar-refractivity contribution is 0.159. The summed E-state index contributed by atoms with van der Waals surface area (Å²) in [7, 11) is 0. The molecule has 4 atom stereocenters. The summed E-state index contributed by atoms with van der Waals surface area (Å²) < 4.78 is 0. The quantitative estimate of drug-likeness (QED) is 0.491. The molecule has 2 aliphatic rings. The van der Waals surface area contributed by atoms with Gasteiger partial charge < -0.3 is 4.90 Å². The molecule has 2 fully saturated rings. The van der Waals surface area contributed by atoms with Crippen molar-refractivity contribution < 1.29 is 0 Å². The van der Waals surface area contributed by atoms with Crippen LogP contribution in [0.25, 0.3) is 0 Å². The minimum Gasteiger partial charge on any atom is -0.300 e. The Hall–Kier alpha value is -0.0400. The van der Waals surface area contributed by atoms with Crippen LogP contribution in [-0.2, 0) is 0 Å². The van der Waals surface area contributed by atoms with E-state index >= 15 is 0 Å². The van der Waals surface area contributed by atoms with Gasteiger partial charge in [0.05, 0.1) is 0 Å². The minimum absolute atomic E-state index is 0.712. The molecule has 1 nitrogen and oxygen atoms in total. The summed E-state index contributed by atoms with van der Waals surface area (Å²) in [6.07, 6.45) is 2.80. The maximum Gasteiger partial charge on any atom is 0.00958 e. The van der Waals surface area contributed by atoms with Gasteiger partial charge in [0.2, 0.25) is 0 Å². The molecule has 0 N–H and O–H groups in total. The van der Waals surface area contributed by atoms with Gasteiger partial charge in [-0.3, -0.25) is 0 Å². The number of hydrogen-bond donors (Lipinski definition) is 0. The molecule has 0 aromatic rings. The maximum absolute atomic E-state index is 4.13. The lowest BCUT2D eigenvalue weighted by Crippen LogP contribution is -2.39. The highest BCUT2D eigenvalue weighted by Gasteiger charge is 2.36. The summed E-state index contributed by atoms with van der Waals surface area (Å²) in [6, 6.07) is 0.859. The second kappa shape index (κ2) is 2.23. The number of fused-ring (bicyclic) bond motifs is 2. The van der Waals surface area contributed by atoms with Gasteiger partial charge in [-0.25, -0.2) is 0 Å². The Morgan fingerprint density at radius 2 is 2.30 bits per heavy atom. The molecule has 1 radical (unpaired) electrons. The molecule has 0 aromatic heterocycles. The Labute approximate surface area is 63.4 Å². The van der Waals surface area contributed by atoms with Crippen LogP contribution in [0.4, 0.5) is 0 Å². The van der Waals surface area contributed by atoms with Gasteiger partial charge in [-0.05, 0) is 45.1 Å². The maximum atomic E-state index is 4.13. The Morgan fingerprint density at radius 3 is 3.00 bits per heavy atom. The standard InChI is InChI=1S/C9H16N/c1-7-5-9-3-4-10(6-7)8(9)2/h7-9H,1,3-6H2,2H3. The van der Waals surface area contributed by atoms with E-state index in [1.54, 1.807) is 0 Å². The molecule has 2 saturated heterocycles. The fourth-order valence-corrected chi connectivity index (χ4v) is 2.48. The zero-order chi connectivity index (χ0) is 7.14. The van der Waals surface area contributed by atoms with Crippen molar-refractivity contribution in [2.45, 2.75) is 25.8 Å². The van der Waals surface area contributed by atoms with Crippen LogP contribution >= 0.6 is 0 Å². The fourth-order valence-electron chi connectivity index (χ4n) is 2.48. The Morgan fingerprint density at radius 1 is 1.50 bits per heavy atom. The Balaban J connectivity index is 2.09. The second-order valence-electron chi connectivity index (χ2n) is 3.89. The molecule has 2 bridgehead atoms. The van der Waals surface area contributed by atoms with Crippen molar-refractivity contribution in [3.8, 4) is 0 Å². The van der Waals surface area contributed by atoms with Gasteiger partial charge in [-0.15, -0.1) is 0 Å². The molecule has 4 unspecified atom stereocenters. The van der Waals surface area contributed by atoms with E-state index in [2.05, 4.69) is 18.7 Å². The third-order valence-electron chi connectivity index (χ3n) is 3.17. The van der Waals surface area contributed by atoms with Crippen molar-refractivity contribution in [2.24, 2.45) is 11.8 Å². The lowest BCUT2D eigenvalue weighted by atomic mass is 9.87. The van der Waals surface area contributed by atoms with E-state index in [-0.39, 0.29) is 0 Å². The minimum atomic E-state index is 0.712. The van der Waals surface area contributed by atoms with Gasteiger partial charge in [0.1, 0.15) is 0 Å². The zero-order valence-corrected chi connectivity index (χ0v) is 6.71. The molecule has 0 aliphatic carbocycles. The van der Waals surface area contributed by atoms with Crippen molar-refractivity contribution >= 4 is 0 Å². The first-order chi connectivity index (χ1) is 4.77. The fraction of sp³-hybridized carbons (Fsp3) is 0.889. The zero-order valence-electron chi connectivity index (χ0n) is 6.71. The van der Waals surface area contributed by atoms with E-state index in [4.69, 9.17) is 0 Å². The van der Waals surface area contributed by atoms with Crippen molar-refractivity contribution in [3.63, 3.8) is 0 Å². The molecule has 0 amide bonds. The highest BCUT2D eigenvalue weighted by atomic mass is 15.2. The van der Waals surface area contributed by atoms with Crippen molar-refractivity contribution in [3.05, 3.63) is 6.92 Å². The van der Waals surface area contributed by atoms with Crippen LogP contribution in [0.2, 0.25) is 0 Å². The molecule has 10 heavy (non-hydrogen) atoms. The number of rotatable bonds is 0. The third-order valence-corrected chi connectivity index (χ3v) is 3.17. The molecular weight excluding hydrogens is 122 g/mol. The number of nitrogens with zero attached hydrogens (tertiary/aromatic N) is 1. The van der Waals surface area contributed by atoms with Crippen LogP contribution < -0.4 is 0 Å². The summed E-state index contributed by atoms with van der Waals surface area (Å²) in [4.78, 5) is 2.59. The highest BCUT2D eigenvalue weighted by Crippen LogP contribution is 2.34. The van der Waals surface area contributed by atoms with Gasteiger partial charge in [0.15, 0.2) is 0 Å². The van der Waals surface area contributed by atoms with Crippen molar-refractivity contribution in [1.29, 1.82) is 0 Å². The molecule has 2 heterocycles. The van der Waals surface area contributed by atoms with Gasteiger partial charge >= 0.3 is 0 Å². The second-order valence-corrected chi connectivity index (χ2v) is 3.89. The predicted octanol–water partition coefficient (Wildman–Crippen LogP) is 1.55. The molecule has 0 spiro atoms. The topological polar surface area (TPSA) is 3.24 Å². The van der Waals surface area contributed by atoms with E-state index < -0.39 is 0 Å². The van der Waals surface area contributed by atoms with Crippen LogP contribution in [0, 0.1) is 18.8 Å². The monoisotopic (exact) mass is 138 g/mol. The van der Waals surface area contributed by atoms with Crippen LogP contribution in [0.5, 0.6) is 0 Å². The van der Waals surface area contributed by atoms with Crippen molar-refractivity contribution in [1.82, 2.24) is 4.90 Å². The third kappa shape index (κ3) is 0.878. The summed E-state index contributed by atoms with van der Waals surface area (Å²) >= 11 is 0. The Bertz CT molecular complexity index is 119. The van der Waals surface area contributed by atoms with E-state index in [0.29, 0.717) is 5.92 Å². The van der Waals surface area contributed by atoms with Gasteiger partial charge in [-0.2, -0.15) is 0 Å². The smallest absolute Gasteiger partial charge is 0.00958 e. The normalized spacial score (nSPS) is 53.4. The van der Waals surface area contributed by atoms with Crippen molar-refractivity contribution in [2.75, 3.05) is 13.1 Å². The van der Waals surface area contributed by atoms with Crippen LogP contribution in [-0.4, -0.2) is 24.0 Å². The first kappa shape index (κ1) is 6.66. The highest BCUT2D eigenvalue weighted by molar-refractivity contribution is 4.91. The molecule has 0 saturated carbocycles. The van der Waals surface area contributed by atoms with E-state index in [9.17, 15) is 0 Å². The molecule has 2 rings (SSSR count). The first-order valence-corrected chi connectivity index (χ1v) is 4.34. The Kier molecular flexibility index (Phi) is 1.48. The SMILES string of the molecule is [CH2]C1CC2CCN(C1)C2C. The van der Waals surface area contributed by atoms with Crippen LogP contribution in [0.1, 0.15) is 19.8 Å². The van der Waals surface area contributed by atoms with Gasteiger partial charge in [0, 0.05) is 12.6 Å². The average Bonchev–Trinajstić information content (AvgIpc) is 2.20. The predicted molar refractivity (Wildman–Crippen MR) is 42.6 cm³/mol. The number of piperidine rings is 1. The molecular formula is C9H16N. The summed E-state index contributed by atoms with van der Waals surface area (Å²) in [5.41, 5.74) is 0. The summed E-state index contributed by atoms with van der Waals surface area (Å²) in [5.74, 6) is 1.68. The average molecular weight is 138 g/mol. The van der Waals surface area contributed by atoms with E-state index in [1.165, 1.54) is 25.9 Å². The molecule has 1 heteroatoms. The molecule has 57 valence electrons. The molecule has 2 aliphatic heterocycles. The number of hydrogen-bond acceptors (Lipinski definition) is 1. The van der Waals surface area contributed by atoms with Gasteiger partial charge in [-0.1, -0.05) is 0 Å². The van der Waals surface area contributed by atoms with Gasteiger partial charge in [0.25, 0.3) is 0 Å². The molecule has 0 aromatic carbocycles. The van der Waals surface area contributed by atoms with Crippen LogP contribution in [0.15, 0.2) is 0 Å². The van der Waals surface area contributed by atoms with E-state index in [0.717, 1.165) is 12.0 Å². The first-order valence-electron chi connectivity index (χ1n) is 4.34.